The first-order valence-electron chi connectivity index (χ1n) is 5.25. The minimum absolute atomic E-state index is 0.146. The van der Waals surface area contributed by atoms with E-state index in [1.165, 1.54) is 0 Å². The van der Waals surface area contributed by atoms with E-state index in [-0.39, 0.29) is 12.1 Å². The van der Waals surface area contributed by atoms with Crippen molar-refractivity contribution in [2.45, 2.75) is 44.9 Å². The van der Waals surface area contributed by atoms with Crippen molar-refractivity contribution in [2.24, 2.45) is 0 Å². The summed E-state index contributed by atoms with van der Waals surface area (Å²) in [5.74, 6) is 0. The second-order valence-corrected chi connectivity index (χ2v) is 4.88. The van der Waals surface area contributed by atoms with Crippen LogP contribution in [0, 0.1) is 0 Å². The minimum Gasteiger partial charge on any atom is -0.444 e. The van der Waals surface area contributed by atoms with E-state index in [9.17, 15) is 9.90 Å². The Kier molecular flexibility index (Phi) is 3.93. The molecule has 0 aromatic carbocycles. The topological polar surface area (TPSA) is 70.6 Å². The maximum absolute atomic E-state index is 11.3. The lowest BCUT2D eigenvalue weighted by Gasteiger charge is -2.20. The van der Waals surface area contributed by atoms with Crippen molar-refractivity contribution in [3.8, 4) is 0 Å². The highest BCUT2D eigenvalue weighted by Crippen LogP contribution is 2.07. The van der Waals surface area contributed by atoms with E-state index < -0.39 is 11.7 Å². The monoisotopic (exact) mass is 216 g/mol. The van der Waals surface area contributed by atoms with Crippen LogP contribution >= 0.6 is 0 Å². The second kappa shape index (κ2) is 4.81. The van der Waals surface area contributed by atoms with Crippen molar-refractivity contribution >= 4 is 6.09 Å². The molecule has 0 bridgehead atoms. The summed E-state index contributed by atoms with van der Waals surface area (Å²) in [5.41, 5.74) is -0.466. The van der Waals surface area contributed by atoms with Gasteiger partial charge < -0.3 is 20.5 Å². The van der Waals surface area contributed by atoms with Crippen LogP contribution in [0.4, 0.5) is 4.79 Å². The van der Waals surface area contributed by atoms with Crippen molar-refractivity contribution < 1.29 is 14.6 Å². The third-order valence-electron chi connectivity index (χ3n) is 2.09. The minimum atomic E-state index is -0.466. The Morgan fingerprint density at radius 3 is 2.73 bits per heavy atom. The van der Waals surface area contributed by atoms with Crippen LogP contribution in [-0.2, 0) is 4.74 Å². The highest BCUT2D eigenvalue weighted by molar-refractivity contribution is 5.67. The van der Waals surface area contributed by atoms with Gasteiger partial charge in [0.2, 0.25) is 0 Å². The van der Waals surface area contributed by atoms with Gasteiger partial charge in [0.15, 0.2) is 0 Å². The van der Waals surface area contributed by atoms with Gasteiger partial charge in [-0.3, -0.25) is 0 Å². The number of hydrogen-bond donors (Lipinski definition) is 3. The third kappa shape index (κ3) is 4.99. The summed E-state index contributed by atoms with van der Waals surface area (Å²) in [5, 5.41) is 15.0. The van der Waals surface area contributed by atoms with E-state index in [4.69, 9.17) is 4.74 Å². The Balaban J connectivity index is 2.17. The molecule has 0 aromatic heterocycles. The number of ether oxygens (including phenoxy) is 1. The average molecular weight is 216 g/mol. The van der Waals surface area contributed by atoms with E-state index in [0.29, 0.717) is 19.5 Å². The Morgan fingerprint density at radius 2 is 2.27 bits per heavy atom. The first-order valence-corrected chi connectivity index (χ1v) is 5.25. The van der Waals surface area contributed by atoms with E-state index in [0.717, 1.165) is 0 Å². The highest BCUT2D eigenvalue weighted by atomic mass is 16.6. The van der Waals surface area contributed by atoms with Crippen LogP contribution in [-0.4, -0.2) is 42.0 Å². The molecule has 1 heterocycles. The van der Waals surface area contributed by atoms with E-state index in [2.05, 4.69) is 10.6 Å². The van der Waals surface area contributed by atoms with E-state index in [1.807, 2.05) is 20.8 Å². The maximum atomic E-state index is 11.3. The first-order chi connectivity index (χ1) is 6.87. The Hall–Kier alpha value is -0.810. The molecule has 0 aliphatic carbocycles. The van der Waals surface area contributed by atoms with Crippen LogP contribution in [0.5, 0.6) is 0 Å². The summed E-state index contributed by atoms with van der Waals surface area (Å²) in [6.07, 6.45) is -0.0309. The number of carbonyl (C=O) groups is 1. The zero-order valence-corrected chi connectivity index (χ0v) is 9.54. The zero-order chi connectivity index (χ0) is 11.5. The molecule has 88 valence electrons. The number of hydrogen-bond acceptors (Lipinski definition) is 4. The lowest BCUT2D eigenvalue weighted by Crippen LogP contribution is -2.39. The van der Waals surface area contributed by atoms with Gasteiger partial charge in [-0.25, -0.2) is 4.79 Å². The number of nitrogens with one attached hydrogen (secondary N) is 2. The summed E-state index contributed by atoms with van der Waals surface area (Å²) >= 11 is 0. The smallest absolute Gasteiger partial charge is 0.407 e. The molecule has 1 saturated heterocycles. The predicted octanol–water partition coefficient (Wildman–Crippen LogP) is 0.234. The number of aliphatic hydroxyl groups excluding tert-OH is 1. The highest BCUT2D eigenvalue weighted by Gasteiger charge is 2.23. The summed E-state index contributed by atoms with van der Waals surface area (Å²) < 4.78 is 5.08. The Morgan fingerprint density at radius 1 is 1.60 bits per heavy atom. The van der Waals surface area contributed by atoms with Crippen LogP contribution in [0.15, 0.2) is 0 Å². The summed E-state index contributed by atoms with van der Waals surface area (Å²) in [6, 6.07) is 0.146. The lowest BCUT2D eigenvalue weighted by atomic mass is 10.2. The molecule has 1 rings (SSSR count). The van der Waals surface area contributed by atoms with Crippen LogP contribution in [0.2, 0.25) is 0 Å². The molecule has 0 spiro atoms. The fourth-order valence-electron chi connectivity index (χ4n) is 1.47. The van der Waals surface area contributed by atoms with Gasteiger partial charge in [-0.2, -0.15) is 0 Å². The number of aliphatic hydroxyl groups is 1. The molecular formula is C10H20N2O3. The number of rotatable bonds is 2. The molecule has 1 amide bonds. The molecule has 1 aliphatic rings. The van der Waals surface area contributed by atoms with Crippen LogP contribution < -0.4 is 10.6 Å². The van der Waals surface area contributed by atoms with E-state index >= 15 is 0 Å². The van der Waals surface area contributed by atoms with Crippen molar-refractivity contribution in [1.82, 2.24) is 10.6 Å². The largest absolute Gasteiger partial charge is 0.444 e. The molecule has 5 heteroatoms. The normalized spacial score (nSPS) is 26.4. The standard InChI is InChI=1S/C10H20N2O3/c1-10(2,3)15-9(14)12-5-7-4-8(13)6-11-7/h7-8,11,13H,4-6H2,1-3H3,(H,12,14)/t7-,8+/m1/s1. The molecule has 15 heavy (non-hydrogen) atoms. The van der Waals surface area contributed by atoms with Crippen molar-refractivity contribution in [3.05, 3.63) is 0 Å². The van der Waals surface area contributed by atoms with Crippen LogP contribution in [0.1, 0.15) is 27.2 Å². The van der Waals surface area contributed by atoms with Gasteiger partial charge >= 0.3 is 6.09 Å². The zero-order valence-electron chi connectivity index (χ0n) is 9.54. The van der Waals surface area contributed by atoms with E-state index in [1.54, 1.807) is 0 Å². The van der Waals surface area contributed by atoms with Crippen molar-refractivity contribution in [2.75, 3.05) is 13.1 Å². The molecule has 3 N–H and O–H groups in total. The first kappa shape index (κ1) is 12.3. The van der Waals surface area contributed by atoms with Gasteiger partial charge in [-0.05, 0) is 27.2 Å². The quantitative estimate of drug-likeness (QED) is 0.618. The van der Waals surface area contributed by atoms with Crippen LogP contribution in [0.25, 0.3) is 0 Å². The predicted molar refractivity (Wildman–Crippen MR) is 56.7 cm³/mol. The second-order valence-electron chi connectivity index (χ2n) is 4.88. The summed E-state index contributed by atoms with van der Waals surface area (Å²) in [6.45, 7) is 6.56. The van der Waals surface area contributed by atoms with Crippen molar-refractivity contribution in [3.63, 3.8) is 0 Å². The summed E-state index contributed by atoms with van der Waals surface area (Å²) in [7, 11) is 0. The van der Waals surface area contributed by atoms with Gasteiger partial charge in [0.05, 0.1) is 6.10 Å². The third-order valence-corrected chi connectivity index (χ3v) is 2.09. The SMILES string of the molecule is CC(C)(C)OC(=O)NC[C@H]1C[C@H](O)CN1. The molecular weight excluding hydrogens is 196 g/mol. The van der Waals surface area contributed by atoms with Gasteiger partial charge in [-0.15, -0.1) is 0 Å². The molecule has 5 nitrogen and oxygen atoms in total. The number of amides is 1. The summed E-state index contributed by atoms with van der Waals surface area (Å²) in [4.78, 5) is 11.3. The van der Waals surface area contributed by atoms with Gasteiger partial charge in [-0.1, -0.05) is 0 Å². The average Bonchev–Trinajstić information content (AvgIpc) is 2.45. The lowest BCUT2D eigenvalue weighted by molar-refractivity contribution is 0.0522. The molecule has 0 saturated carbocycles. The van der Waals surface area contributed by atoms with Gasteiger partial charge in [0, 0.05) is 19.1 Å². The van der Waals surface area contributed by atoms with Crippen molar-refractivity contribution in [1.29, 1.82) is 0 Å². The molecule has 1 aliphatic heterocycles. The van der Waals surface area contributed by atoms with Crippen LogP contribution in [0.3, 0.4) is 0 Å². The molecule has 1 fully saturated rings. The Bertz CT molecular complexity index is 225. The molecule has 2 atom stereocenters. The molecule has 0 radical (unpaired) electrons. The fourth-order valence-corrected chi connectivity index (χ4v) is 1.47. The maximum Gasteiger partial charge on any atom is 0.407 e. The van der Waals surface area contributed by atoms with Gasteiger partial charge in [0.1, 0.15) is 5.60 Å². The number of carbonyl (C=O) groups excluding carboxylic acids is 1. The number of β-amino-alcohol motifs (C(OH)–C–C–N with tert-alkyl or cyclic N) is 1. The van der Waals surface area contributed by atoms with Gasteiger partial charge in [0.25, 0.3) is 0 Å². The number of alkyl carbamates (subject to hydrolysis) is 1. The fraction of sp³-hybridized carbons (Fsp3) is 0.900. The Labute approximate surface area is 90.2 Å². The molecule has 0 aromatic rings. The molecule has 0 unspecified atom stereocenters.